The molecule has 24 heavy (non-hydrogen) atoms. The number of aromatic nitrogens is 1. The standard InChI is InChI=1S/C21H26ClN2/c1-6-21(4)18(22)11-15(13(2)3)19(20(21)23-5)16-12-24-17-10-8-7-9-14(16)17/h6-10,12,15,18-20,24H,1-2,11H2,3-5H3/q-1. The fraction of sp³-hybridized carbons (Fsp3) is 0.429. The molecule has 1 heterocycles. The van der Waals surface area contributed by atoms with E-state index in [1.165, 1.54) is 16.5 Å². The van der Waals surface area contributed by atoms with Crippen LogP contribution in [0.1, 0.15) is 31.7 Å². The van der Waals surface area contributed by atoms with Crippen LogP contribution in [0.3, 0.4) is 0 Å². The molecule has 5 atom stereocenters. The molecule has 1 saturated carbocycles. The van der Waals surface area contributed by atoms with Crippen molar-refractivity contribution in [2.45, 2.75) is 37.6 Å². The molecule has 1 aromatic heterocycles. The third-order valence-corrected chi connectivity index (χ3v) is 6.53. The summed E-state index contributed by atoms with van der Waals surface area (Å²) in [5.74, 6) is 0.565. The van der Waals surface area contributed by atoms with Crippen LogP contribution >= 0.6 is 11.6 Å². The SMILES string of the molecule is C=CC1(C)C(Cl)CC(C(=C)C)C(c2c[nH]c3ccccc23)C1[N-]C. The molecule has 5 unspecified atom stereocenters. The van der Waals surface area contributed by atoms with Crippen LogP contribution in [0.25, 0.3) is 16.2 Å². The van der Waals surface area contributed by atoms with E-state index in [-0.39, 0.29) is 22.8 Å². The number of aromatic amines is 1. The summed E-state index contributed by atoms with van der Waals surface area (Å²) in [6.07, 6.45) is 5.04. The molecule has 0 radical (unpaired) electrons. The van der Waals surface area contributed by atoms with E-state index in [2.05, 4.69) is 62.5 Å². The highest BCUT2D eigenvalue weighted by molar-refractivity contribution is 6.21. The van der Waals surface area contributed by atoms with Crippen LogP contribution in [0.4, 0.5) is 0 Å². The van der Waals surface area contributed by atoms with Crippen LogP contribution in [-0.2, 0) is 0 Å². The molecule has 0 aliphatic heterocycles. The van der Waals surface area contributed by atoms with Crippen LogP contribution in [0.2, 0.25) is 0 Å². The Morgan fingerprint density at radius 1 is 1.42 bits per heavy atom. The number of hydrogen-bond acceptors (Lipinski definition) is 0. The number of para-hydroxylation sites is 1. The van der Waals surface area contributed by atoms with E-state index in [0.717, 1.165) is 11.9 Å². The summed E-state index contributed by atoms with van der Waals surface area (Å²) in [5, 5.41) is 6.06. The van der Waals surface area contributed by atoms with Gasteiger partial charge in [-0.2, -0.15) is 7.05 Å². The van der Waals surface area contributed by atoms with Crippen LogP contribution in [-0.4, -0.2) is 23.5 Å². The lowest BCUT2D eigenvalue weighted by molar-refractivity contribution is 0.197. The van der Waals surface area contributed by atoms with Crippen molar-refractivity contribution in [3.8, 4) is 0 Å². The van der Waals surface area contributed by atoms with E-state index in [4.69, 9.17) is 16.9 Å². The maximum atomic E-state index is 6.80. The van der Waals surface area contributed by atoms with E-state index in [1.807, 2.05) is 13.1 Å². The maximum absolute atomic E-state index is 6.80. The fourth-order valence-corrected chi connectivity index (χ4v) is 4.78. The van der Waals surface area contributed by atoms with Crippen molar-refractivity contribution in [3.05, 3.63) is 66.1 Å². The highest BCUT2D eigenvalue weighted by Crippen LogP contribution is 2.55. The number of rotatable bonds is 4. The third kappa shape index (κ3) is 2.53. The number of benzene rings is 1. The van der Waals surface area contributed by atoms with Crippen molar-refractivity contribution in [2.75, 3.05) is 7.05 Å². The molecule has 1 N–H and O–H groups in total. The van der Waals surface area contributed by atoms with Gasteiger partial charge >= 0.3 is 0 Å². The predicted octanol–water partition coefficient (Wildman–Crippen LogP) is 6.02. The highest BCUT2D eigenvalue weighted by atomic mass is 35.5. The van der Waals surface area contributed by atoms with Gasteiger partial charge in [0.1, 0.15) is 0 Å². The molecule has 128 valence electrons. The van der Waals surface area contributed by atoms with Gasteiger partial charge in [-0.25, -0.2) is 0 Å². The van der Waals surface area contributed by atoms with Crippen molar-refractivity contribution >= 4 is 22.5 Å². The molecule has 0 saturated heterocycles. The maximum Gasteiger partial charge on any atom is 0.0456 e. The summed E-state index contributed by atoms with van der Waals surface area (Å²) in [6.45, 7) is 12.6. The first kappa shape index (κ1) is 17.3. The summed E-state index contributed by atoms with van der Waals surface area (Å²) in [7, 11) is 1.90. The molecular weight excluding hydrogens is 316 g/mol. The minimum atomic E-state index is -0.231. The van der Waals surface area contributed by atoms with Crippen molar-refractivity contribution in [3.63, 3.8) is 0 Å². The Balaban J connectivity index is 2.19. The average Bonchev–Trinajstić information content (AvgIpc) is 3.00. The molecule has 1 aliphatic rings. The molecule has 0 bridgehead atoms. The first-order valence-electron chi connectivity index (χ1n) is 8.52. The summed E-state index contributed by atoms with van der Waals surface area (Å²) < 4.78 is 0. The lowest BCUT2D eigenvalue weighted by Gasteiger charge is -2.57. The van der Waals surface area contributed by atoms with Crippen molar-refractivity contribution in [2.24, 2.45) is 11.3 Å². The number of hydrogen-bond donors (Lipinski definition) is 1. The van der Waals surface area contributed by atoms with Gasteiger partial charge in [0.2, 0.25) is 0 Å². The molecule has 0 amide bonds. The first-order chi connectivity index (χ1) is 11.4. The van der Waals surface area contributed by atoms with Gasteiger partial charge in [0.05, 0.1) is 0 Å². The second-order valence-electron chi connectivity index (χ2n) is 7.24. The van der Waals surface area contributed by atoms with Crippen molar-refractivity contribution in [1.29, 1.82) is 0 Å². The summed E-state index contributed by atoms with van der Waals surface area (Å²) >= 11 is 6.80. The number of allylic oxidation sites excluding steroid dienone is 1. The molecular formula is C21H26ClN2-. The Labute approximate surface area is 150 Å². The second-order valence-corrected chi connectivity index (χ2v) is 7.77. The monoisotopic (exact) mass is 341 g/mol. The van der Waals surface area contributed by atoms with Gasteiger partial charge in [-0.15, -0.1) is 24.2 Å². The Bertz CT molecular complexity index is 762. The number of fused-ring (bicyclic) bond motifs is 1. The minimum Gasteiger partial charge on any atom is -0.661 e. The number of nitrogens with zero attached hydrogens (tertiary/aromatic N) is 1. The molecule has 3 heteroatoms. The number of halogens is 1. The lowest BCUT2D eigenvalue weighted by atomic mass is 9.59. The van der Waals surface area contributed by atoms with E-state index in [0.29, 0.717) is 5.92 Å². The Kier molecular flexibility index (Phi) is 4.63. The molecule has 3 rings (SSSR count). The van der Waals surface area contributed by atoms with Crippen LogP contribution < -0.4 is 0 Å². The van der Waals surface area contributed by atoms with Gasteiger partial charge in [-0.1, -0.05) is 43.4 Å². The predicted molar refractivity (Wildman–Crippen MR) is 105 cm³/mol. The molecule has 2 aromatic rings. The smallest absolute Gasteiger partial charge is 0.0456 e. The van der Waals surface area contributed by atoms with Gasteiger partial charge in [0.25, 0.3) is 0 Å². The zero-order chi connectivity index (χ0) is 17.5. The Morgan fingerprint density at radius 3 is 2.75 bits per heavy atom. The van der Waals surface area contributed by atoms with Gasteiger partial charge in [0.15, 0.2) is 0 Å². The largest absolute Gasteiger partial charge is 0.661 e. The van der Waals surface area contributed by atoms with Crippen LogP contribution in [0.5, 0.6) is 0 Å². The molecule has 1 aromatic carbocycles. The Morgan fingerprint density at radius 2 is 2.12 bits per heavy atom. The second kappa shape index (κ2) is 6.42. The zero-order valence-electron chi connectivity index (χ0n) is 14.7. The topological polar surface area (TPSA) is 29.9 Å². The van der Waals surface area contributed by atoms with Gasteiger partial charge in [-0.05, 0) is 42.2 Å². The minimum absolute atomic E-state index is 0.00635. The molecule has 1 fully saturated rings. The van der Waals surface area contributed by atoms with Crippen LogP contribution in [0, 0.1) is 11.3 Å². The Hall–Kier alpha value is -1.51. The zero-order valence-corrected chi connectivity index (χ0v) is 15.5. The number of nitrogens with one attached hydrogen (secondary N) is 1. The van der Waals surface area contributed by atoms with Crippen LogP contribution in [0.15, 0.2) is 55.3 Å². The van der Waals surface area contributed by atoms with Gasteiger partial charge in [-0.3, -0.25) is 0 Å². The van der Waals surface area contributed by atoms with Crippen molar-refractivity contribution < 1.29 is 0 Å². The van der Waals surface area contributed by atoms with E-state index >= 15 is 0 Å². The first-order valence-corrected chi connectivity index (χ1v) is 8.95. The molecule has 0 spiro atoms. The quantitative estimate of drug-likeness (QED) is 0.520. The fourth-order valence-electron chi connectivity index (χ4n) is 4.37. The average molecular weight is 342 g/mol. The summed E-state index contributed by atoms with van der Waals surface area (Å²) in [4.78, 5) is 3.42. The number of H-pyrrole nitrogens is 1. The normalized spacial score (nSPS) is 33.5. The van der Waals surface area contributed by atoms with E-state index in [9.17, 15) is 0 Å². The summed E-state index contributed by atoms with van der Waals surface area (Å²) in [6, 6.07) is 8.53. The summed E-state index contributed by atoms with van der Waals surface area (Å²) in [5.41, 5.74) is 3.42. The van der Waals surface area contributed by atoms with E-state index in [1.54, 1.807) is 0 Å². The highest BCUT2D eigenvalue weighted by Gasteiger charge is 2.46. The molecule has 1 aliphatic carbocycles. The number of likely N-dealkylation sites (N-methyl/N-ethyl adjacent to an activating group) is 1. The van der Waals surface area contributed by atoms with Gasteiger partial charge in [0, 0.05) is 22.5 Å². The number of alkyl halides is 1. The van der Waals surface area contributed by atoms with E-state index < -0.39 is 0 Å². The molecule has 2 nitrogen and oxygen atoms in total. The lowest BCUT2D eigenvalue weighted by Crippen LogP contribution is -2.49. The van der Waals surface area contributed by atoms with Gasteiger partial charge < -0.3 is 10.3 Å². The third-order valence-electron chi connectivity index (χ3n) is 5.88. The van der Waals surface area contributed by atoms with Crippen molar-refractivity contribution in [1.82, 2.24) is 4.98 Å².